The molecule has 0 bridgehead atoms. The van der Waals surface area contributed by atoms with E-state index in [1.54, 1.807) is 11.3 Å². The van der Waals surface area contributed by atoms with Crippen molar-refractivity contribution in [1.29, 1.82) is 0 Å². The van der Waals surface area contributed by atoms with Crippen LogP contribution in [0.4, 0.5) is 0 Å². The van der Waals surface area contributed by atoms with Gasteiger partial charge in [-0.2, -0.15) is 0 Å². The number of aromatic carboxylic acids is 1. The fourth-order valence-electron chi connectivity index (χ4n) is 1.57. The fourth-order valence-corrected chi connectivity index (χ4v) is 3.71. The highest BCUT2D eigenvalue weighted by Crippen LogP contribution is 2.36. The van der Waals surface area contributed by atoms with E-state index >= 15 is 0 Å². The van der Waals surface area contributed by atoms with E-state index < -0.39 is 5.97 Å². The first-order valence-electron chi connectivity index (χ1n) is 5.29. The molecule has 17 heavy (non-hydrogen) atoms. The van der Waals surface area contributed by atoms with Gasteiger partial charge in [0.15, 0.2) is 0 Å². The SMILES string of the molecule is Cc1ccsc1-c1nc(C(C)C)c(C(=O)O)s1. The summed E-state index contributed by atoms with van der Waals surface area (Å²) in [6.07, 6.45) is 0. The van der Waals surface area contributed by atoms with Crippen molar-refractivity contribution in [2.24, 2.45) is 0 Å². The summed E-state index contributed by atoms with van der Waals surface area (Å²) >= 11 is 2.87. The first kappa shape index (κ1) is 12.3. The van der Waals surface area contributed by atoms with Crippen LogP contribution in [0.1, 0.15) is 40.7 Å². The number of thiophene rings is 1. The Morgan fingerprint density at radius 2 is 2.18 bits per heavy atom. The van der Waals surface area contributed by atoms with Gasteiger partial charge in [-0.15, -0.1) is 22.7 Å². The lowest BCUT2D eigenvalue weighted by Gasteiger charge is -2.00. The molecular formula is C12H13NO2S2. The average molecular weight is 267 g/mol. The number of hydrogen-bond donors (Lipinski definition) is 1. The van der Waals surface area contributed by atoms with Gasteiger partial charge in [-0.1, -0.05) is 13.8 Å². The molecule has 2 aromatic heterocycles. The number of aromatic nitrogens is 1. The zero-order chi connectivity index (χ0) is 12.6. The van der Waals surface area contributed by atoms with Gasteiger partial charge in [-0.25, -0.2) is 9.78 Å². The molecule has 0 aliphatic carbocycles. The standard InChI is InChI=1S/C12H13NO2S2/c1-6(2)8-10(12(14)15)17-11(13-8)9-7(3)4-5-16-9/h4-6H,1-3H3,(H,14,15). The number of thiazole rings is 1. The first-order valence-corrected chi connectivity index (χ1v) is 6.98. The second-order valence-corrected chi connectivity index (χ2v) is 6.04. The molecule has 0 unspecified atom stereocenters. The van der Waals surface area contributed by atoms with E-state index in [9.17, 15) is 4.79 Å². The summed E-state index contributed by atoms with van der Waals surface area (Å²) in [7, 11) is 0. The van der Waals surface area contributed by atoms with Crippen LogP contribution in [0.2, 0.25) is 0 Å². The minimum Gasteiger partial charge on any atom is -0.477 e. The zero-order valence-corrected chi connectivity index (χ0v) is 11.5. The van der Waals surface area contributed by atoms with E-state index in [0.29, 0.717) is 10.6 Å². The van der Waals surface area contributed by atoms with Gasteiger partial charge < -0.3 is 5.11 Å². The summed E-state index contributed by atoms with van der Waals surface area (Å²) in [5.41, 5.74) is 1.83. The average Bonchev–Trinajstić information content (AvgIpc) is 2.82. The van der Waals surface area contributed by atoms with Gasteiger partial charge in [0.1, 0.15) is 9.88 Å². The lowest BCUT2D eigenvalue weighted by Crippen LogP contribution is -2.00. The number of rotatable bonds is 3. The fraction of sp³-hybridized carbons (Fsp3) is 0.333. The summed E-state index contributed by atoms with van der Waals surface area (Å²) in [6.45, 7) is 5.95. The van der Waals surface area contributed by atoms with Crippen molar-refractivity contribution in [2.45, 2.75) is 26.7 Å². The molecule has 0 aliphatic rings. The maximum absolute atomic E-state index is 11.2. The normalized spacial score (nSPS) is 11.1. The number of nitrogens with zero attached hydrogens (tertiary/aromatic N) is 1. The highest BCUT2D eigenvalue weighted by Gasteiger charge is 2.21. The van der Waals surface area contributed by atoms with Crippen molar-refractivity contribution in [2.75, 3.05) is 0 Å². The summed E-state index contributed by atoms with van der Waals surface area (Å²) in [5, 5.41) is 12.0. The molecular weight excluding hydrogens is 254 g/mol. The predicted octanol–water partition coefficient (Wildman–Crippen LogP) is 4.00. The van der Waals surface area contributed by atoms with Crippen LogP contribution in [0.5, 0.6) is 0 Å². The molecule has 0 spiro atoms. The minimum absolute atomic E-state index is 0.131. The molecule has 3 nitrogen and oxygen atoms in total. The van der Waals surface area contributed by atoms with E-state index in [0.717, 1.165) is 15.4 Å². The molecule has 1 N–H and O–H groups in total. The van der Waals surface area contributed by atoms with Gasteiger partial charge in [0, 0.05) is 0 Å². The van der Waals surface area contributed by atoms with Crippen molar-refractivity contribution in [1.82, 2.24) is 4.98 Å². The Hall–Kier alpha value is -1.20. The van der Waals surface area contributed by atoms with Gasteiger partial charge in [-0.3, -0.25) is 0 Å². The van der Waals surface area contributed by atoms with Gasteiger partial charge in [-0.05, 0) is 29.9 Å². The Balaban J connectivity index is 2.55. The molecule has 0 aromatic carbocycles. The number of carboxylic acids is 1. The Kier molecular flexibility index (Phi) is 3.31. The summed E-state index contributed by atoms with van der Waals surface area (Å²) in [4.78, 5) is 17.1. The monoisotopic (exact) mass is 267 g/mol. The highest BCUT2D eigenvalue weighted by molar-refractivity contribution is 7.22. The molecule has 2 aromatic rings. The van der Waals surface area contributed by atoms with Crippen LogP contribution in [0, 0.1) is 6.92 Å². The molecule has 90 valence electrons. The topological polar surface area (TPSA) is 50.2 Å². The van der Waals surface area contributed by atoms with E-state index in [4.69, 9.17) is 5.11 Å². The predicted molar refractivity (Wildman–Crippen MR) is 71.2 cm³/mol. The lowest BCUT2D eigenvalue weighted by atomic mass is 10.1. The molecule has 0 fully saturated rings. The van der Waals surface area contributed by atoms with Crippen molar-refractivity contribution in [3.8, 4) is 9.88 Å². The van der Waals surface area contributed by atoms with Crippen LogP contribution >= 0.6 is 22.7 Å². The third-order valence-corrected chi connectivity index (χ3v) is 4.68. The largest absolute Gasteiger partial charge is 0.477 e. The molecule has 2 rings (SSSR count). The van der Waals surface area contributed by atoms with Gasteiger partial charge in [0.2, 0.25) is 0 Å². The van der Waals surface area contributed by atoms with Crippen LogP contribution < -0.4 is 0 Å². The minimum atomic E-state index is -0.883. The molecule has 0 amide bonds. The van der Waals surface area contributed by atoms with E-state index in [1.165, 1.54) is 11.3 Å². The smallest absolute Gasteiger partial charge is 0.347 e. The number of carbonyl (C=O) groups is 1. The summed E-state index contributed by atoms with van der Waals surface area (Å²) in [5.74, 6) is -0.752. The molecule has 0 atom stereocenters. The third-order valence-electron chi connectivity index (χ3n) is 2.45. The number of aryl methyl sites for hydroxylation is 1. The summed E-state index contributed by atoms with van der Waals surface area (Å²) in [6, 6.07) is 2.02. The Bertz CT molecular complexity index is 555. The van der Waals surface area contributed by atoms with Gasteiger partial charge in [0.05, 0.1) is 10.6 Å². The second-order valence-electron chi connectivity index (χ2n) is 4.13. The molecule has 0 saturated carbocycles. The third kappa shape index (κ3) is 2.25. The molecule has 5 heteroatoms. The van der Waals surface area contributed by atoms with Crippen LogP contribution in [-0.4, -0.2) is 16.1 Å². The molecule has 0 saturated heterocycles. The van der Waals surface area contributed by atoms with Crippen molar-refractivity contribution < 1.29 is 9.90 Å². The van der Waals surface area contributed by atoms with Crippen LogP contribution in [-0.2, 0) is 0 Å². The van der Waals surface area contributed by atoms with E-state index in [1.807, 2.05) is 32.2 Å². The maximum Gasteiger partial charge on any atom is 0.347 e. The maximum atomic E-state index is 11.2. The van der Waals surface area contributed by atoms with E-state index in [2.05, 4.69) is 4.98 Å². The van der Waals surface area contributed by atoms with Crippen molar-refractivity contribution in [3.05, 3.63) is 27.6 Å². The van der Waals surface area contributed by atoms with Crippen molar-refractivity contribution in [3.63, 3.8) is 0 Å². The van der Waals surface area contributed by atoms with Crippen molar-refractivity contribution >= 4 is 28.6 Å². The van der Waals surface area contributed by atoms with Gasteiger partial charge in [0.25, 0.3) is 0 Å². The zero-order valence-electron chi connectivity index (χ0n) is 9.85. The van der Waals surface area contributed by atoms with Gasteiger partial charge >= 0.3 is 5.97 Å². The van der Waals surface area contributed by atoms with Crippen LogP contribution in [0.25, 0.3) is 9.88 Å². The Labute approximate surface area is 108 Å². The molecule has 2 heterocycles. The Morgan fingerprint density at radius 3 is 2.59 bits per heavy atom. The van der Waals surface area contributed by atoms with E-state index in [-0.39, 0.29) is 5.92 Å². The Morgan fingerprint density at radius 1 is 1.47 bits per heavy atom. The van der Waals surface area contributed by atoms with Crippen LogP contribution in [0.15, 0.2) is 11.4 Å². The number of hydrogen-bond acceptors (Lipinski definition) is 4. The first-order chi connectivity index (χ1) is 8.00. The molecule has 0 aliphatic heterocycles. The quantitative estimate of drug-likeness (QED) is 0.914. The van der Waals surface area contributed by atoms with Crippen LogP contribution in [0.3, 0.4) is 0 Å². The second kappa shape index (κ2) is 4.58. The molecule has 0 radical (unpaired) electrons. The number of carboxylic acid groups (broad SMARTS) is 1. The lowest BCUT2D eigenvalue weighted by molar-refractivity contribution is 0.0700. The highest BCUT2D eigenvalue weighted by atomic mass is 32.1. The summed E-state index contributed by atoms with van der Waals surface area (Å²) < 4.78 is 0.